The van der Waals surface area contributed by atoms with Crippen molar-refractivity contribution in [2.45, 2.75) is 38.8 Å². The van der Waals surface area contributed by atoms with Crippen LogP contribution in [0.4, 0.5) is 0 Å². The molecule has 0 radical (unpaired) electrons. The van der Waals surface area contributed by atoms with Crippen LogP contribution in [0.25, 0.3) is 0 Å². The van der Waals surface area contributed by atoms with E-state index in [1.54, 1.807) is 6.20 Å². The summed E-state index contributed by atoms with van der Waals surface area (Å²) in [6.07, 6.45) is 8.79. The highest BCUT2D eigenvalue weighted by Gasteiger charge is 2.26. The van der Waals surface area contributed by atoms with Gasteiger partial charge >= 0.3 is 0 Å². The van der Waals surface area contributed by atoms with Gasteiger partial charge in [-0.25, -0.2) is 0 Å². The summed E-state index contributed by atoms with van der Waals surface area (Å²) in [7, 11) is 0. The smallest absolute Gasteiger partial charge is 0.0999 e. The summed E-state index contributed by atoms with van der Waals surface area (Å²) in [4.78, 5) is 0. The van der Waals surface area contributed by atoms with Gasteiger partial charge in [-0.1, -0.05) is 12.2 Å². The molecule has 3 nitrogen and oxygen atoms in total. The van der Waals surface area contributed by atoms with E-state index >= 15 is 0 Å². The van der Waals surface area contributed by atoms with Gasteiger partial charge in [-0.3, -0.25) is 4.68 Å². The van der Waals surface area contributed by atoms with Gasteiger partial charge in [0.15, 0.2) is 0 Å². The molecule has 0 fully saturated rings. The second kappa shape index (κ2) is 5.15. The monoisotopic (exact) mass is 284 g/mol. The molecule has 88 valence electrons. The first kappa shape index (κ1) is 11.9. The molecule has 0 aromatic carbocycles. The summed E-state index contributed by atoms with van der Waals surface area (Å²) in [5.74, 6) is 0.322. The van der Waals surface area contributed by atoms with Gasteiger partial charge in [-0.2, -0.15) is 5.10 Å². The number of allylic oxidation sites excluding steroid dienone is 2. The van der Waals surface area contributed by atoms with E-state index in [1.807, 2.05) is 11.6 Å². The van der Waals surface area contributed by atoms with Crippen LogP contribution in [-0.2, 0) is 6.54 Å². The normalized spacial score (nSPS) is 22.3. The van der Waals surface area contributed by atoms with Crippen LogP contribution in [0, 0.1) is 5.92 Å². The van der Waals surface area contributed by atoms with Crippen LogP contribution in [0.2, 0.25) is 0 Å². The molecule has 2 rings (SSSR count). The fourth-order valence-corrected chi connectivity index (χ4v) is 2.78. The molecule has 0 spiro atoms. The molecule has 1 aliphatic carbocycles. The van der Waals surface area contributed by atoms with Crippen molar-refractivity contribution < 1.29 is 5.11 Å². The van der Waals surface area contributed by atoms with E-state index in [0.29, 0.717) is 5.92 Å². The fraction of sp³-hybridized carbons (Fsp3) is 0.583. The summed E-state index contributed by atoms with van der Waals surface area (Å²) < 4.78 is 2.78. The standard InChI is InChI=1S/C12H17BrN2O/c1-2-15-11(10(13)8-14-15)12(16)9-6-4-3-5-7-9/h3-4,8-9,12,16H,2,5-7H2,1H3. The summed E-state index contributed by atoms with van der Waals surface area (Å²) in [6.45, 7) is 2.83. The highest BCUT2D eigenvalue weighted by atomic mass is 79.9. The van der Waals surface area contributed by atoms with Crippen molar-refractivity contribution in [1.82, 2.24) is 9.78 Å². The molecule has 1 aromatic heterocycles. The summed E-state index contributed by atoms with van der Waals surface area (Å²) in [5, 5.41) is 14.6. The molecule has 16 heavy (non-hydrogen) atoms. The largest absolute Gasteiger partial charge is 0.386 e. The molecule has 1 N–H and O–H groups in total. The molecule has 2 atom stereocenters. The zero-order valence-electron chi connectivity index (χ0n) is 9.43. The van der Waals surface area contributed by atoms with Gasteiger partial charge in [-0.15, -0.1) is 0 Å². The van der Waals surface area contributed by atoms with Gasteiger partial charge < -0.3 is 5.11 Å². The lowest BCUT2D eigenvalue weighted by atomic mass is 9.88. The molecule has 4 heteroatoms. The van der Waals surface area contributed by atoms with Crippen LogP contribution in [0.3, 0.4) is 0 Å². The molecule has 0 saturated carbocycles. The molecule has 0 bridgehead atoms. The van der Waals surface area contributed by atoms with Crippen molar-refractivity contribution in [3.8, 4) is 0 Å². The Balaban J connectivity index is 2.21. The summed E-state index contributed by atoms with van der Waals surface area (Å²) in [5.41, 5.74) is 0.919. The van der Waals surface area contributed by atoms with E-state index in [0.717, 1.165) is 36.0 Å². The van der Waals surface area contributed by atoms with Crippen molar-refractivity contribution in [2.24, 2.45) is 5.92 Å². The zero-order chi connectivity index (χ0) is 11.5. The number of aliphatic hydroxyl groups is 1. The van der Waals surface area contributed by atoms with Crippen LogP contribution in [0.5, 0.6) is 0 Å². The Hall–Kier alpha value is -0.610. The quantitative estimate of drug-likeness (QED) is 0.867. The Morgan fingerprint density at radius 1 is 1.62 bits per heavy atom. The van der Waals surface area contributed by atoms with E-state index < -0.39 is 6.10 Å². The van der Waals surface area contributed by atoms with Crippen LogP contribution >= 0.6 is 15.9 Å². The highest BCUT2D eigenvalue weighted by Crippen LogP contribution is 2.34. The van der Waals surface area contributed by atoms with E-state index in [1.165, 1.54) is 0 Å². The van der Waals surface area contributed by atoms with Gasteiger partial charge in [0.05, 0.1) is 22.5 Å². The first-order valence-electron chi connectivity index (χ1n) is 5.78. The van der Waals surface area contributed by atoms with Crippen molar-refractivity contribution >= 4 is 15.9 Å². The number of hydrogen-bond acceptors (Lipinski definition) is 2. The highest BCUT2D eigenvalue weighted by molar-refractivity contribution is 9.10. The third-order valence-electron chi connectivity index (χ3n) is 3.17. The van der Waals surface area contributed by atoms with Gasteiger partial charge in [0, 0.05) is 6.54 Å². The molecule has 1 aromatic rings. The molecule has 2 unspecified atom stereocenters. The van der Waals surface area contributed by atoms with Gasteiger partial charge in [0.1, 0.15) is 0 Å². The number of rotatable bonds is 3. The second-order valence-corrected chi connectivity index (χ2v) is 5.04. The number of nitrogens with zero attached hydrogens (tertiary/aromatic N) is 2. The van der Waals surface area contributed by atoms with Crippen molar-refractivity contribution in [2.75, 3.05) is 0 Å². The minimum atomic E-state index is -0.415. The Morgan fingerprint density at radius 2 is 2.44 bits per heavy atom. The average Bonchev–Trinajstić information content (AvgIpc) is 2.70. The first-order valence-corrected chi connectivity index (χ1v) is 6.57. The molecule has 0 aliphatic heterocycles. The van der Waals surface area contributed by atoms with Crippen LogP contribution in [0.15, 0.2) is 22.8 Å². The van der Waals surface area contributed by atoms with Crippen molar-refractivity contribution in [1.29, 1.82) is 0 Å². The molecule has 1 aliphatic rings. The fourth-order valence-electron chi connectivity index (χ4n) is 2.25. The maximum absolute atomic E-state index is 10.4. The topological polar surface area (TPSA) is 38.0 Å². The van der Waals surface area contributed by atoms with E-state index in [-0.39, 0.29) is 0 Å². The molecule has 1 heterocycles. The van der Waals surface area contributed by atoms with Crippen molar-refractivity contribution in [3.63, 3.8) is 0 Å². The van der Waals surface area contributed by atoms with Crippen LogP contribution in [-0.4, -0.2) is 14.9 Å². The van der Waals surface area contributed by atoms with Gasteiger partial charge in [0.25, 0.3) is 0 Å². The van der Waals surface area contributed by atoms with Crippen LogP contribution in [0.1, 0.15) is 38.0 Å². The van der Waals surface area contributed by atoms with E-state index in [4.69, 9.17) is 0 Å². The minimum absolute atomic E-state index is 0.322. The lowest BCUT2D eigenvalue weighted by molar-refractivity contribution is 0.0929. The maximum atomic E-state index is 10.4. The number of hydrogen-bond donors (Lipinski definition) is 1. The van der Waals surface area contributed by atoms with Crippen molar-refractivity contribution in [3.05, 3.63) is 28.5 Å². The lowest BCUT2D eigenvalue weighted by Gasteiger charge is -2.24. The number of halogens is 1. The SMILES string of the molecule is CCn1ncc(Br)c1C(O)C1CC=CCC1. The molecule has 0 amide bonds. The Labute approximate surface area is 104 Å². The maximum Gasteiger partial charge on any atom is 0.0999 e. The summed E-state index contributed by atoms with van der Waals surface area (Å²) >= 11 is 3.46. The Bertz CT molecular complexity index is 386. The first-order chi connectivity index (χ1) is 7.74. The van der Waals surface area contributed by atoms with E-state index in [2.05, 4.69) is 33.2 Å². The summed E-state index contributed by atoms with van der Waals surface area (Å²) in [6, 6.07) is 0. The number of aliphatic hydroxyl groups excluding tert-OH is 1. The predicted molar refractivity (Wildman–Crippen MR) is 67.0 cm³/mol. The average molecular weight is 285 g/mol. The Kier molecular flexibility index (Phi) is 3.82. The second-order valence-electron chi connectivity index (χ2n) is 4.18. The Morgan fingerprint density at radius 3 is 3.06 bits per heavy atom. The third kappa shape index (κ3) is 2.23. The lowest BCUT2D eigenvalue weighted by Crippen LogP contribution is -2.18. The molecule has 0 saturated heterocycles. The molecular formula is C12H17BrN2O. The predicted octanol–water partition coefficient (Wildman–Crippen LogP) is 3.06. The molecular weight excluding hydrogens is 268 g/mol. The number of aromatic nitrogens is 2. The van der Waals surface area contributed by atoms with Gasteiger partial charge in [-0.05, 0) is 48.0 Å². The number of aryl methyl sites for hydroxylation is 1. The van der Waals surface area contributed by atoms with Gasteiger partial charge in [0.2, 0.25) is 0 Å². The zero-order valence-corrected chi connectivity index (χ0v) is 11.0. The minimum Gasteiger partial charge on any atom is -0.386 e. The van der Waals surface area contributed by atoms with Crippen LogP contribution < -0.4 is 0 Å². The van der Waals surface area contributed by atoms with E-state index in [9.17, 15) is 5.11 Å². The third-order valence-corrected chi connectivity index (χ3v) is 3.78.